The van der Waals surface area contributed by atoms with E-state index in [1.54, 1.807) is 0 Å². The molecule has 2 heterocycles. The molecule has 0 unspecified atom stereocenters. The SMILES string of the molecule is CN(C)c1ccc(C(=O)Cc2ccc3nc(-c4ccc5ocnc5c4)[nH]c3c2)cc1. The van der Waals surface area contributed by atoms with Crippen LogP contribution in [-0.4, -0.2) is 34.8 Å². The van der Waals surface area contributed by atoms with Gasteiger partial charge in [0.2, 0.25) is 0 Å². The van der Waals surface area contributed by atoms with Crippen LogP contribution in [0.4, 0.5) is 5.69 Å². The molecule has 0 aliphatic carbocycles. The minimum atomic E-state index is 0.0934. The lowest BCUT2D eigenvalue weighted by Gasteiger charge is -2.12. The molecule has 6 nitrogen and oxygen atoms in total. The maximum atomic E-state index is 12.7. The smallest absolute Gasteiger partial charge is 0.181 e. The molecule has 0 saturated heterocycles. The first-order chi connectivity index (χ1) is 14.6. The lowest BCUT2D eigenvalue weighted by molar-refractivity contribution is 0.0993. The third-order valence-corrected chi connectivity index (χ3v) is 5.22. The van der Waals surface area contributed by atoms with Crippen LogP contribution in [0, 0.1) is 0 Å². The Hall–Kier alpha value is -3.93. The van der Waals surface area contributed by atoms with Crippen molar-refractivity contribution in [2.45, 2.75) is 6.42 Å². The number of nitrogens with zero attached hydrogens (tertiary/aromatic N) is 3. The summed E-state index contributed by atoms with van der Waals surface area (Å²) in [6.07, 6.45) is 1.78. The van der Waals surface area contributed by atoms with Crippen LogP contribution in [0.3, 0.4) is 0 Å². The van der Waals surface area contributed by atoms with Gasteiger partial charge in [-0.05, 0) is 60.2 Å². The molecular formula is C24H20N4O2. The zero-order valence-corrected chi connectivity index (χ0v) is 16.7. The second kappa shape index (κ2) is 7.15. The molecule has 0 saturated carbocycles. The average molecular weight is 396 g/mol. The highest BCUT2D eigenvalue weighted by molar-refractivity contribution is 5.98. The molecule has 30 heavy (non-hydrogen) atoms. The van der Waals surface area contributed by atoms with Crippen LogP contribution in [0.15, 0.2) is 71.5 Å². The lowest BCUT2D eigenvalue weighted by Crippen LogP contribution is -2.09. The number of benzene rings is 3. The van der Waals surface area contributed by atoms with E-state index in [2.05, 4.69) is 15.0 Å². The second-order valence-corrected chi connectivity index (χ2v) is 7.51. The number of anilines is 1. The molecule has 3 aromatic carbocycles. The van der Waals surface area contributed by atoms with E-state index in [1.165, 1.54) is 6.39 Å². The normalized spacial score (nSPS) is 11.3. The van der Waals surface area contributed by atoms with Gasteiger partial charge < -0.3 is 14.3 Å². The third kappa shape index (κ3) is 3.33. The fourth-order valence-corrected chi connectivity index (χ4v) is 3.54. The molecule has 0 aliphatic rings. The summed E-state index contributed by atoms with van der Waals surface area (Å²) >= 11 is 0. The van der Waals surface area contributed by atoms with Gasteiger partial charge in [0, 0.05) is 37.3 Å². The number of aromatic amines is 1. The highest BCUT2D eigenvalue weighted by atomic mass is 16.3. The Morgan fingerprint density at radius 1 is 1.00 bits per heavy atom. The molecule has 1 N–H and O–H groups in total. The Balaban J connectivity index is 1.40. The van der Waals surface area contributed by atoms with Crippen molar-refractivity contribution in [2.75, 3.05) is 19.0 Å². The summed E-state index contributed by atoms with van der Waals surface area (Å²) in [4.78, 5) is 26.9. The predicted molar refractivity (Wildman–Crippen MR) is 118 cm³/mol. The number of imidazole rings is 1. The maximum absolute atomic E-state index is 12.7. The van der Waals surface area contributed by atoms with E-state index >= 15 is 0 Å². The first-order valence-electron chi connectivity index (χ1n) is 9.70. The minimum Gasteiger partial charge on any atom is -0.443 e. The lowest BCUT2D eigenvalue weighted by atomic mass is 10.0. The third-order valence-electron chi connectivity index (χ3n) is 5.22. The van der Waals surface area contributed by atoms with Gasteiger partial charge in [-0.2, -0.15) is 0 Å². The number of carbonyl (C=O) groups is 1. The van der Waals surface area contributed by atoms with Gasteiger partial charge in [-0.1, -0.05) is 6.07 Å². The van der Waals surface area contributed by atoms with E-state index in [9.17, 15) is 4.79 Å². The number of hydrogen-bond donors (Lipinski definition) is 1. The summed E-state index contributed by atoms with van der Waals surface area (Å²) in [7, 11) is 3.96. The van der Waals surface area contributed by atoms with Crippen LogP contribution in [0.2, 0.25) is 0 Å². The van der Waals surface area contributed by atoms with Crippen LogP contribution >= 0.6 is 0 Å². The number of oxazole rings is 1. The van der Waals surface area contributed by atoms with Crippen molar-refractivity contribution < 1.29 is 9.21 Å². The number of aromatic nitrogens is 3. The molecule has 0 radical (unpaired) electrons. The number of carbonyl (C=O) groups excluding carboxylic acids is 1. The van der Waals surface area contributed by atoms with Crippen molar-refractivity contribution in [1.29, 1.82) is 0 Å². The van der Waals surface area contributed by atoms with Gasteiger partial charge in [-0.15, -0.1) is 0 Å². The van der Waals surface area contributed by atoms with Crippen LogP contribution < -0.4 is 4.90 Å². The van der Waals surface area contributed by atoms with Crippen LogP contribution in [0.1, 0.15) is 15.9 Å². The van der Waals surface area contributed by atoms with E-state index in [0.29, 0.717) is 12.0 Å². The number of nitrogens with one attached hydrogen (secondary N) is 1. The van der Waals surface area contributed by atoms with Crippen molar-refractivity contribution >= 4 is 33.6 Å². The molecule has 0 atom stereocenters. The van der Waals surface area contributed by atoms with E-state index in [1.807, 2.05) is 79.7 Å². The molecule has 5 rings (SSSR count). The Morgan fingerprint density at radius 2 is 1.83 bits per heavy atom. The number of hydrogen-bond acceptors (Lipinski definition) is 5. The zero-order valence-electron chi connectivity index (χ0n) is 16.7. The summed E-state index contributed by atoms with van der Waals surface area (Å²) < 4.78 is 5.30. The van der Waals surface area contributed by atoms with E-state index in [-0.39, 0.29) is 5.78 Å². The van der Waals surface area contributed by atoms with Gasteiger partial charge in [0.05, 0.1) is 11.0 Å². The molecule has 148 valence electrons. The van der Waals surface area contributed by atoms with E-state index < -0.39 is 0 Å². The number of fused-ring (bicyclic) bond motifs is 2. The van der Waals surface area contributed by atoms with Crippen LogP contribution in [0.25, 0.3) is 33.5 Å². The van der Waals surface area contributed by atoms with Gasteiger partial charge >= 0.3 is 0 Å². The highest BCUT2D eigenvalue weighted by Crippen LogP contribution is 2.25. The van der Waals surface area contributed by atoms with Crippen LogP contribution in [-0.2, 0) is 6.42 Å². The van der Waals surface area contributed by atoms with Crippen LogP contribution in [0.5, 0.6) is 0 Å². The van der Waals surface area contributed by atoms with Gasteiger partial charge in [0.25, 0.3) is 0 Å². The highest BCUT2D eigenvalue weighted by Gasteiger charge is 2.11. The summed E-state index contributed by atoms with van der Waals surface area (Å²) in [5, 5.41) is 0. The number of H-pyrrole nitrogens is 1. The Kier molecular flexibility index (Phi) is 4.32. The molecule has 0 bridgehead atoms. The summed E-state index contributed by atoms with van der Waals surface area (Å²) in [6, 6.07) is 19.4. The maximum Gasteiger partial charge on any atom is 0.181 e. The number of ketones is 1. The van der Waals surface area contributed by atoms with Gasteiger partial charge in [0.15, 0.2) is 17.8 Å². The fourth-order valence-electron chi connectivity index (χ4n) is 3.54. The van der Waals surface area contributed by atoms with Crippen molar-refractivity contribution in [2.24, 2.45) is 0 Å². The van der Waals surface area contributed by atoms with Gasteiger partial charge in [-0.3, -0.25) is 4.79 Å². The molecule has 0 aliphatic heterocycles. The molecule has 6 heteroatoms. The standard InChI is InChI=1S/C24H20N4O2/c1-28(2)18-7-4-16(5-8-18)22(29)12-15-3-9-19-20(11-15)27-24(26-19)17-6-10-23-21(13-17)25-14-30-23/h3-11,13-14H,12H2,1-2H3,(H,26,27). The van der Waals surface area contributed by atoms with E-state index in [0.717, 1.165) is 44.8 Å². The van der Waals surface area contributed by atoms with Crippen molar-refractivity contribution in [3.05, 3.63) is 78.2 Å². The zero-order chi connectivity index (χ0) is 20.7. The Morgan fingerprint density at radius 3 is 2.63 bits per heavy atom. The largest absolute Gasteiger partial charge is 0.443 e. The van der Waals surface area contributed by atoms with Gasteiger partial charge in [-0.25, -0.2) is 9.97 Å². The van der Waals surface area contributed by atoms with Crippen molar-refractivity contribution in [3.8, 4) is 11.4 Å². The second-order valence-electron chi connectivity index (χ2n) is 7.51. The predicted octanol–water partition coefficient (Wildman–Crippen LogP) is 4.86. The fraction of sp³-hybridized carbons (Fsp3) is 0.125. The summed E-state index contributed by atoms with van der Waals surface area (Å²) in [5.41, 5.74) is 6.97. The minimum absolute atomic E-state index is 0.0934. The monoisotopic (exact) mass is 396 g/mol. The molecule has 2 aromatic heterocycles. The molecule has 0 spiro atoms. The average Bonchev–Trinajstić information content (AvgIpc) is 3.39. The van der Waals surface area contributed by atoms with Crippen molar-refractivity contribution in [3.63, 3.8) is 0 Å². The topological polar surface area (TPSA) is 75.0 Å². The molecule has 5 aromatic rings. The first-order valence-corrected chi connectivity index (χ1v) is 9.70. The Labute approximate surface area is 173 Å². The first kappa shape index (κ1) is 18.1. The molecule has 0 amide bonds. The van der Waals surface area contributed by atoms with Gasteiger partial charge in [0.1, 0.15) is 11.3 Å². The molecular weight excluding hydrogens is 376 g/mol. The Bertz CT molecular complexity index is 1360. The summed E-state index contributed by atoms with van der Waals surface area (Å²) in [5.74, 6) is 0.855. The molecule has 0 fully saturated rings. The number of rotatable bonds is 5. The quantitative estimate of drug-likeness (QED) is 0.429. The van der Waals surface area contributed by atoms with Crippen molar-refractivity contribution in [1.82, 2.24) is 15.0 Å². The van der Waals surface area contributed by atoms with E-state index in [4.69, 9.17) is 4.42 Å². The number of Topliss-reactive ketones (excluding diaryl/α,β-unsaturated/α-hetero) is 1. The summed E-state index contributed by atoms with van der Waals surface area (Å²) in [6.45, 7) is 0.